The Labute approximate surface area is 116 Å². The van der Waals surface area contributed by atoms with Gasteiger partial charge < -0.3 is 4.74 Å². The van der Waals surface area contributed by atoms with Crippen molar-refractivity contribution in [3.05, 3.63) is 0 Å². The van der Waals surface area contributed by atoms with Crippen LogP contribution in [0, 0.1) is 0 Å². The molecule has 1 N–H and O–H groups in total. The summed E-state index contributed by atoms with van der Waals surface area (Å²) >= 11 is 0. The van der Waals surface area contributed by atoms with Crippen molar-refractivity contribution >= 4 is 5.97 Å². The van der Waals surface area contributed by atoms with Gasteiger partial charge in [-0.15, -0.1) is 0 Å². The van der Waals surface area contributed by atoms with E-state index in [4.69, 9.17) is 4.74 Å². The summed E-state index contributed by atoms with van der Waals surface area (Å²) in [6, 6.07) is 1.60. The van der Waals surface area contributed by atoms with Gasteiger partial charge in [0.25, 0.3) is 0 Å². The van der Waals surface area contributed by atoms with Gasteiger partial charge in [0.15, 0.2) is 0 Å². The summed E-state index contributed by atoms with van der Waals surface area (Å²) in [7, 11) is 1.48. The van der Waals surface area contributed by atoms with Gasteiger partial charge in [0.05, 0.1) is 7.11 Å². The van der Waals surface area contributed by atoms with E-state index in [-0.39, 0.29) is 5.97 Å². The van der Waals surface area contributed by atoms with Crippen LogP contribution < -0.4 is 5.32 Å². The fraction of sp³-hybridized carbons (Fsp3) is 0.933. The first kappa shape index (κ1) is 14.8. The minimum absolute atomic E-state index is 0.135. The smallest absolute Gasteiger partial charge is 0.327 e. The highest BCUT2D eigenvalue weighted by Crippen LogP contribution is 2.28. The van der Waals surface area contributed by atoms with Gasteiger partial charge in [0.1, 0.15) is 5.54 Å². The Morgan fingerprint density at radius 2 is 1.84 bits per heavy atom. The lowest BCUT2D eigenvalue weighted by Crippen LogP contribution is -2.61. The number of carbonyl (C=O) groups is 1. The molecule has 3 unspecified atom stereocenters. The second-order valence-electron chi connectivity index (χ2n) is 6.54. The van der Waals surface area contributed by atoms with Crippen molar-refractivity contribution in [2.45, 2.75) is 76.5 Å². The van der Waals surface area contributed by atoms with Crippen molar-refractivity contribution < 1.29 is 9.53 Å². The van der Waals surface area contributed by atoms with Crippen LogP contribution in [0.15, 0.2) is 0 Å². The molecule has 2 fully saturated rings. The van der Waals surface area contributed by atoms with E-state index < -0.39 is 5.54 Å². The van der Waals surface area contributed by atoms with E-state index in [9.17, 15) is 4.79 Å². The van der Waals surface area contributed by atoms with Crippen LogP contribution in [-0.2, 0) is 9.53 Å². The number of nitrogens with one attached hydrogen (secondary N) is 1. The summed E-state index contributed by atoms with van der Waals surface area (Å²) in [5.41, 5.74) is -0.574. The number of rotatable bonds is 5. The number of carbonyl (C=O) groups excluding carboxylic acids is 1. The monoisotopic (exact) mass is 268 g/mol. The highest BCUT2D eigenvalue weighted by Gasteiger charge is 2.42. The molecule has 0 aromatic carbocycles. The molecule has 0 amide bonds. The number of methoxy groups -OCH3 is 1. The fourth-order valence-corrected chi connectivity index (χ4v) is 3.22. The van der Waals surface area contributed by atoms with Crippen LogP contribution in [0.5, 0.6) is 0 Å². The van der Waals surface area contributed by atoms with Crippen LogP contribution >= 0.6 is 0 Å². The Kier molecular flexibility index (Phi) is 4.51. The Balaban J connectivity index is 2.07. The zero-order chi connectivity index (χ0) is 14.0. The normalized spacial score (nSPS) is 31.8. The summed E-state index contributed by atoms with van der Waals surface area (Å²) in [6.45, 7) is 7.28. The molecule has 0 radical (unpaired) electrons. The minimum atomic E-state index is -0.574. The van der Waals surface area contributed by atoms with E-state index in [1.165, 1.54) is 39.2 Å². The zero-order valence-corrected chi connectivity index (χ0v) is 12.7. The molecule has 1 heterocycles. The number of hydrogen-bond donors (Lipinski definition) is 1. The maximum atomic E-state index is 12.2. The predicted molar refractivity (Wildman–Crippen MR) is 76.1 cm³/mol. The lowest BCUT2D eigenvalue weighted by molar-refractivity contribution is -0.149. The third kappa shape index (κ3) is 3.48. The Morgan fingerprint density at radius 3 is 2.32 bits per heavy atom. The molecule has 110 valence electrons. The number of piperidine rings is 1. The van der Waals surface area contributed by atoms with Crippen LogP contribution in [-0.4, -0.2) is 48.2 Å². The first-order valence-corrected chi connectivity index (χ1v) is 7.58. The Bertz CT molecular complexity index is 320. The first-order chi connectivity index (χ1) is 8.96. The van der Waals surface area contributed by atoms with E-state index in [0.717, 1.165) is 6.54 Å². The molecular weight excluding hydrogens is 240 g/mol. The SMILES string of the molecule is COC(=O)C(C)(CN1C(C)CCCC1C)NC1CC1. The highest BCUT2D eigenvalue weighted by atomic mass is 16.5. The summed E-state index contributed by atoms with van der Waals surface area (Å²) in [6.07, 6.45) is 6.11. The molecule has 1 saturated carbocycles. The van der Waals surface area contributed by atoms with Gasteiger partial charge in [-0.25, -0.2) is 0 Å². The van der Waals surface area contributed by atoms with Gasteiger partial charge in [-0.3, -0.25) is 15.0 Å². The van der Waals surface area contributed by atoms with E-state index >= 15 is 0 Å². The second-order valence-corrected chi connectivity index (χ2v) is 6.54. The van der Waals surface area contributed by atoms with Crippen LogP contribution in [0.25, 0.3) is 0 Å². The van der Waals surface area contributed by atoms with E-state index in [2.05, 4.69) is 24.1 Å². The van der Waals surface area contributed by atoms with Crippen molar-refractivity contribution in [3.63, 3.8) is 0 Å². The Morgan fingerprint density at radius 1 is 1.26 bits per heavy atom. The topological polar surface area (TPSA) is 41.6 Å². The minimum Gasteiger partial charge on any atom is -0.468 e. The summed E-state index contributed by atoms with van der Waals surface area (Å²) in [5, 5.41) is 3.49. The van der Waals surface area contributed by atoms with Crippen molar-refractivity contribution in [2.75, 3.05) is 13.7 Å². The molecular formula is C15H28N2O2. The average molecular weight is 268 g/mol. The van der Waals surface area contributed by atoms with Gasteiger partial charge >= 0.3 is 5.97 Å². The summed E-state index contributed by atoms with van der Waals surface area (Å²) < 4.78 is 5.03. The highest BCUT2D eigenvalue weighted by molar-refractivity contribution is 5.80. The molecule has 1 aliphatic carbocycles. The van der Waals surface area contributed by atoms with E-state index in [0.29, 0.717) is 18.1 Å². The fourth-order valence-electron chi connectivity index (χ4n) is 3.22. The van der Waals surface area contributed by atoms with Gasteiger partial charge in [0.2, 0.25) is 0 Å². The zero-order valence-electron chi connectivity index (χ0n) is 12.7. The van der Waals surface area contributed by atoms with Crippen LogP contribution in [0.4, 0.5) is 0 Å². The standard InChI is InChI=1S/C15H28N2O2/c1-11-6-5-7-12(2)17(11)10-15(3,14(18)19-4)16-13-8-9-13/h11-13,16H,5-10H2,1-4H3. The first-order valence-electron chi connectivity index (χ1n) is 7.58. The summed E-state index contributed by atoms with van der Waals surface area (Å²) in [4.78, 5) is 14.6. The van der Waals surface area contributed by atoms with E-state index in [1.807, 2.05) is 6.92 Å². The quantitative estimate of drug-likeness (QED) is 0.774. The lowest BCUT2D eigenvalue weighted by atomic mass is 9.93. The average Bonchev–Trinajstić information content (AvgIpc) is 3.17. The van der Waals surface area contributed by atoms with Crippen molar-refractivity contribution in [2.24, 2.45) is 0 Å². The van der Waals surface area contributed by atoms with Crippen molar-refractivity contribution in [1.82, 2.24) is 10.2 Å². The van der Waals surface area contributed by atoms with Gasteiger partial charge in [-0.05, 0) is 46.5 Å². The molecule has 4 heteroatoms. The van der Waals surface area contributed by atoms with Crippen LogP contribution in [0.1, 0.15) is 52.9 Å². The molecule has 0 aromatic heterocycles. The molecule has 1 saturated heterocycles. The molecule has 19 heavy (non-hydrogen) atoms. The lowest BCUT2D eigenvalue weighted by Gasteiger charge is -2.43. The number of esters is 1. The number of nitrogens with zero attached hydrogens (tertiary/aromatic N) is 1. The Hall–Kier alpha value is -0.610. The number of hydrogen-bond acceptors (Lipinski definition) is 4. The molecule has 2 rings (SSSR count). The van der Waals surface area contributed by atoms with Crippen LogP contribution in [0.3, 0.4) is 0 Å². The maximum Gasteiger partial charge on any atom is 0.327 e. The van der Waals surface area contributed by atoms with Crippen molar-refractivity contribution in [3.8, 4) is 0 Å². The molecule has 0 spiro atoms. The van der Waals surface area contributed by atoms with Gasteiger partial charge in [-0.2, -0.15) is 0 Å². The largest absolute Gasteiger partial charge is 0.468 e. The third-order valence-electron chi connectivity index (χ3n) is 4.61. The van der Waals surface area contributed by atoms with E-state index in [1.54, 1.807) is 0 Å². The van der Waals surface area contributed by atoms with Crippen molar-refractivity contribution in [1.29, 1.82) is 0 Å². The third-order valence-corrected chi connectivity index (χ3v) is 4.61. The van der Waals surface area contributed by atoms with Gasteiger partial charge in [-0.1, -0.05) is 6.42 Å². The second kappa shape index (κ2) is 5.80. The molecule has 0 bridgehead atoms. The molecule has 1 aliphatic heterocycles. The number of ether oxygens (including phenoxy) is 1. The predicted octanol–water partition coefficient (Wildman–Crippen LogP) is 1.93. The van der Waals surface area contributed by atoms with Crippen LogP contribution in [0.2, 0.25) is 0 Å². The molecule has 3 atom stereocenters. The van der Waals surface area contributed by atoms with Gasteiger partial charge in [0, 0.05) is 24.7 Å². The number of likely N-dealkylation sites (tertiary alicyclic amines) is 1. The molecule has 0 aromatic rings. The maximum absolute atomic E-state index is 12.2. The molecule has 4 nitrogen and oxygen atoms in total. The summed E-state index contributed by atoms with van der Waals surface area (Å²) in [5.74, 6) is -0.135. The molecule has 2 aliphatic rings.